The zero-order chi connectivity index (χ0) is 18.2. The van der Waals surface area contributed by atoms with Crippen LogP contribution in [0.1, 0.15) is 21.7 Å². The number of carbonyl (C=O) groups is 2. The number of aryl methyl sites for hydroxylation is 1. The summed E-state index contributed by atoms with van der Waals surface area (Å²) in [6.07, 6.45) is 6.76. The number of esters is 1. The summed E-state index contributed by atoms with van der Waals surface area (Å²) in [4.78, 5) is 28.7. The summed E-state index contributed by atoms with van der Waals surface area (Å²) in [5.41, 5.74) is 2.66. The van der Waals surface area contributed by atoms with Gasteiger partial charge in [-0.3, -0.25) is 14.6 Å². The van der Waals surface area contributed by atoms with Crippen LogP contribution in [0.15, 0.2) is 55.3 Å². The molecular formula is C19H20N2O3S. The van der Waals surface area contributed by atoms with E-state index in [9.17, 15) is 9.59 Å². The number of pyridine rings is 1. The van der Waals surface area contributed by atoms with Crippen molar-refractivity contribution < 1.29 is 14.3 Å². The van der Waals surface area contributed by atoms with Gasteiger partial charge >= 0.3 is 5.97 Å². The minimum Gasteiger partial charge on any atom is -0.461 e. The van der Waals surface area contributed by atoms with Crippen molar-refractivity contribution in [3.63, 3.8) is 0 Å². The van der Waals surface area contributed by atoms with Gasteiger partial charge in [-0.25, -0.2) is 0 Å². The fraction of sp³-hybridized carbons (Fsp3) is 0.211. The molecule has 0 bridgehead atoms. The number of aromatic nitrogens is 1. The van der Waals surface area contributed by atoms with E-state index in [1.165, 1.54) is 11.3 Å². The molecule has 0 unspecified atom stereocenters. The number of nitrogens with one attached hydrogen (secondary N) is 1. The first-order valence-corrected chi connectivity index (χ1v) is 8.59. The van der Waals surface area contributed by atoms with Gasteiger partial charge in [0.2, 0.25) is 0 Å². The highest BCUT2D eigenvalue weighted by Gasteiger charge is 2.12. The number of rotatable bonds is 8. The molecule has 0 saturated carbocycles. The maximum absolute atomic E-state index is 12.2. The van der Waals surface area contributed by atoms with Crippen LogP contribution in [-0.2, 0) is 9.53 Å². The predicted octanol–water partition coefficient (Wildman–Crippen LogP) is 3.57. The first-order chi connectivity index (χ1) is 12.0. The van der Waals surface area contributed by atoms with Crippen molar-refractivity contribution in [2.45, 2.75) is 13.3 Å². The number of fused-ring (bicyclic) bond motifs is 1. The van der Waals surface area contributed by atoms with Crippen LogP contribution in [0, 0.1) is 6.92 Å². The molecule has 0 aliphatic heterocycles. The zero-order valence-corrected chi connectivity index (χ0v) is 14.9. The molecule has 0 aliphatic rings. The van der Waals surface area contributed by atoms with E-state index < -0.39 is 0 Å². The number of amides is 1. The molecule has 2 aromatic rings. The molecule has 0 saturated heterocycles. The molecule has 0 spiro atoms. The Labute approximate surface area is 150 Å². The Hall–Kier alpha value is -2.73. The lowest BCUT2D eigenvalue weighted by Crippen LogP contribution is -2.26. The van der Waals surface area contributed by atoms with Gasteiger partial charge in [0.05, 0.1) is 21.5 Å². The maximum atomic E-state index is 12.2. The Morgan fingerprint density at radius 1 is 1.40 bits per heavy atom. The Balaban J connectivity index is 1.82. The number of ether oxygens (including phenoxy) is 1. The van der Waals surface area contributed by atoms with E-state index in [0.717, 1.165) is 21.4 Å². The highest BCUT2D eigenvalue weighted by molar-refractivity contribution is 7.21. The Morgan fingerprint density at radius 2 is 2.20 bits per heavy atom. The lowest BCUT2D eigenvalue weighted by atomic mass is 10.2. The first-order valence-electron chi connectivity index (χ1n) is 7.78. The van der Waals surface area contributed by atoms with Crippen LogP contribution < -0.4 is 5.32 Å². The van der Waals surface area contributed by atoms with Crippen LogP contribution in [0.2, 0.25) is 0 Å². The van der Waals surface area contributed by atoms with Crippen LogP contribution in [0.5, 0.6) is 0 Å². The smallest absolute Gasteiger partial charge is 0.307 e. The molecule has 2 rings (SSSR count). The van der Waals surface area contributed by atoms with Crippen molar-refractivity contribution in [2.75, 3.05) is 13.2 Å². The van der Waals surface area contributed by atoms with E-state index in [4.69, 9.17) is 4.74 Å². The Bertz CT molecular complexity index is 836. The highest BCUT2D eigenvalue weighted by Crippen LogP contribution is 2.26. The van der Waals surface area contributed by atoms with Gasteiger partial charge < -0.3 is 10.1 Å². The van der Waals surface area contributed by atoms with Gasteiger partial charge in [-0.15, -0.1) is 11.3 Å². The van der Waals surface area contributed by atoms with E-state index in [2.05, 4.69) is 23.5 Å². The lowest BCUT2D eigenvalue weighted by molar-refractivity contribution is -0.142. The minimum absolute atomic E-state index is 0.104. The third kappa shape index (κ3) is 5.12. The Kier molecular flexibility index (Phi) is 6.65. The topological polar surface area (TPSA) is 68.3 Å². The molecule has 0 atom stereocenters. The molecule has 6 heteroatoms. The van der Waals surface area contributed by atoms with Crippen LogP contribution in [0.4, 0.5) is 0 Å². The predicted molar refractivity (Wildman–Crippen MR) is 101 cm³/mol. The lowest BCUT2D eigenvalue weighted by Gasteiger charge is -2.06. The molecule has 25 heavy (non-hydrogen) atoms. The van der Waals surface area contributed by atoms with Crippen LogP contribution in [-0.4, -0.2) is 30.0 Å². The van der Waals surface area contributed by atoms with Gasteiger partial charge in [0.1, 0.15) is 6.61 Å². The van der Waals surface area contributed by atoms with Gasteiger partial charge in [0.15, 0.2) is 0 Å². The number of hydrogen-bond donors (Lipinski definition) is 1. The average molecular weight is 356 g/mol. The van der Waals surface area contributed by atoms with Crippen molar-refractivity contribution in [1.29, 1.82) is 0 Å². The largest absolute Gasteiger partial charge is 0.461 e. The first kappa shape index (κ1) is 18.6. The molecule has 1 N–H and O–H groups in total. The molecule has 0 aliphatic carbocycles. The molecular weight excluding hydrogens is 336 g/mol. The number of allylic oxidation sites excluding steroid dienone is 2. The van der Waals surface area contributed by atoms with Crippen molar-refractivity contribution >= 4 is 33.4 Å². The van der Waals surface area contributed by atoms with Crippen LogP contribution in [0.3, 0.4) is 0 Å². The van der Waals surface area contributed by atoms with E-state index in [-0.39, 0.29) is 31.4 Å². The third-order valence-electron chi connectivity index (χ3n) is 3.44. The van der Waals surface area contributed by atoms with Crippen molar-refractivity contribution in [3.05, 3.63) is 65.7 Å². The van der Waals surface area contributed by atoms with Gasteiger partial charge in [-0.05, 0) is 30.2 Å². The quantitative estimate of drug-likeness (QED) is 0.580. The summed E-state index contributed by atoms with van der Waals surface area (Å²) in [5.74, 6) is -0.598. The second-order valence-electron chi connectivity index (χ2n) is 5.30. The summed E-state index contributed by atoms with van der Waals surface area (Å²) in [7, 11) is 0. The van der Waals surface area contributed by atoms with Gasteiger partial charge in [-0.2, -0.15) is 0 Å². The van der Waals surface area contributed by atoms with E-state index in [0.29, 0.717) is 4.88 Å². The van der Waals surface area contributed by atoms with E-state index in [1.807, 2.05) is 13.0 Å². The molecule has 2 heterocycles. The average Bonchev–Trinajstić information content (AvgIpc) is 3.04. The molecule has 5 nitrogen and oxygen atoms in total. The number of hydrogen-bond acceptors (Lipinski definition) is 5. The normalized spacial score (nSPS) is 11.2. The number of thiophene rings is 1. The van der Waals surface area contributed by atoms with Crippen molar-refractivity contribution in [1.82, 2.24) is 10.3 Å². The molecule has 0 radical (unpaired) electrons. The monoisotopic (exact) mass is 356 g/mol. The second-order valence-corrected chi connectivity index (χ2v) is 6.35. The maximum Gasteiger partial charge on any atom is 0.307 e. The summed E-state index contributed by atoms with van der Waals surface area (Å²) in [5, 5.41) is 2.73. The summed E-state index contributed by atoms with van der Waals surface area (Å²) in [6.45, 7) is 9.55. The van der Waals surface area contributed by atoms with Gasteiger partial charge in [0.25, 0.3) is 5.91 Å². The van der Waals surface area contributed by atoms with Crippen LogP contribution >= 0.6 is 11.3 Å². The van der Waals surface area contributed by atoms with Crippen molar-refractivity contribution in [3.8, 4) is 0 Å². The molecule has 0 fully saturated rings. The molecule has 130 valence electrons. The van der Waals surface area contributed by atoms with Gasteiger partial charge in [0, 0.05) is 12.7 Å². The zero-order valence-electron chi connectivity index (χ0n) is 14.1. The fourth-order valence-corrected chi connectivity index (χ4v) is 3.11. The summed E-state index contributed by atoms with van der Waals surface area (Å²) in [6, 6.07) is 3.67. The summed E-state index contributed by atoms with van der Waals surface area (Å²) < 4.78 is 6.11. The molecule has 1 amide bonds. The Morgan fingerprint density at radius 3 is 2.88 bits per heavy atom. The number of nitrogens with zero attached hydrogens (tertiary/aromatic N) is 1. The third-order valence-corrected chi connectivity index (χ3v) is 4.70. The molecule has 2 aromatic heterocycles. The molecule has 0 aromatic carbocycles. The minimum atomic E-state index is -0.383. The standard InChI is InChI=1S/C19H20N2O3S/c1-4-6-14(5-2)12-24-17(22)8-10-21-19(23)16-11-15-18(25-16)13(3)7-9-20-15/h4-7,9,11H,1-2,8,10,12H2,3H3,(H,21,23)/b14-6+. The van der Waals surface area contributed by atoms with Crippen LogP contribution in [0.25, 0.3) is 10.2 Å². The number of carbonyl (C=O) groups excluding carboxylic acids is 2. The second kappa shape index (κ2) is 8.94. The van der Waals surface area contributed by atoms with E-state index >= 15 is 0 Å². The summed E-state index contributed by atoms with van der Waals surface area (Å²) >= 11 is 1.39. The van der Waals surface area contributed by atoms with Crippen molar-refractivity contribution in [2.24, 2.45) is 0 Å². The fourth-order valence-electron chi connectivity index (χ4n) is 2.10. The van der Waals surface area contributed by atoms with Gasteiger partial charge in [-0.1, -0.05) is 31.4 Å². The highest BCUT2D eigenvalue weighted by atomic mass is 32.1. The van der Waals surface area contributed by atoms with E-state index in [1.54, 1.807) is 30.5 Å². The SMILES string of the molecule is C=C/C=C(\C=C)COC(=O)CCNC(=O)c1cc2nccc(C)c2s1.